The van der Waals surface area contributed by atoms with E-state index in [9.17, 15) is 9.18 Å². The highest BCUT2D eigenvalue weighted by Crippen LogP contribution is 2.20. The first-order valence-electron chi connectivity index (χ1n) is 4.44. The topological polar surface area (TPSA) is 53.4 Å². The van der Waals surface area contributed by atoms with Gasteiger partial charge in [-0.15, -0.1) is 0 Å². The fourth-order valence-electron chi connectivity index (χ4n) is 0.996. The van der Waals surface area contributed by atoms with Gasteiger partial charge in [-0.25, -0.2) is 14.2 Å². The molecule has 1 rings (SSSR count). The zero-order valence-corrected chi connectivity index (χ0v) is 8.86. The van der Waals surface area contributed by atoms with E-state index in [0.29, 0.717) is 5.82 Å². The maximum absolute atomic E-state index is 12.6. The number of anilines is 1. The highest BCUT2D eigenvalue weighted by atomic mass is 19.1. The number of carboxylic acid groups (broad SMARTS) is 1. The Morgan fingerprint density at radius 1 is 1.53 bits per heavy atom. The minimum Gasteiger partial charge on any atom is -0.480 e. The van der Waals surface area contributed by atoms with Gasteiger partial charge in [-0.2, -0.15) is 0 Å². The summed E-state index contributed by atoms with van der Waals surface area (Å²) in [6.45, 7) is 3.11. The Kier molecular flexibility index (Phi) is 2.93. The van der Waals surface area contributed by atoms with Crippen molar-refractivity contribution in [3.05, 3.63) is 24.1 Å². The third-order valence-electron chi connectivity index (χ3n) is 2.42. The molecule has 0 unspecified atom stereocenters. The first-order valence-corrected chi connectivity index (χ1v) is 4.44. The molecule has 0 saturated carbocycles. The fraction of sp³-hybridized carbons (Fsp3) is 0.400. The van der Waals surface area contributed by atoms with Gasteiger partial charge in [0.2, 0.25) is 0 Å². The van der Waals surface area contributed by atoms with Crippen LogP contribution >= 0.6 is 0 Å². The van der Waals surface area contributed by atoms with Gasteiger partial charge in [-0.1, -0.05) is 0 Å². The van der Waals surface area contributed by atoms with Crippen LogP contribution in [0.1, 0.15) is 13.8 Å². The number of carbonyl (C=O) groups is 1. The molecule has 0 aliphatic heterocycles. The third-order valence-corrected chi connectivity index (χ3v) is 2.42. The number of aromatic nitrogens is 1. The number of nitrogens with zero attached hydrogens (tertiary/aromatic N) is 2. The quantitative estimate of drug-likeness (QED) is 0.825. The molecule has 0 fully saturated rings. The minimum absolute atomic E-state index is 0.420. The molecule has 1 heterocycles. The molecule has 0 radical (unpaired) electrons. The van der Waals surface area contributed by atoms with Gasteiger partial charge in [0, 0.05) is 7.05 Å². The average Bonchev–Trinajstić information content (AvgIpc) is 2.17. The molecule has 0 aliphatic carbocycles. The number of aliphatic carboxylic acids is 1. The van der Waals surface area contributed by atoms with Gasteiger partial charge < -0.3 is 10.0 Å². The molecule has 0 amide bonds. The Balaban J connectivity index is 2.99. The smallest absolute Gasteiger partial charge is 0.328 e. The van der Waals surface area contributed by atoms with E-state index in [2.05, 4.69) is 4.98 Å². The van der Waals surface area contributed by atoms with Gasteiger partial charge in [0.05, 0.1) is 6.20 Å². The van der Waals surface area contributed by atoms with E-state index in [-0.39, 0.29) is 0 Å². The molecule has 5 heteroatoms. The van der Waals surface area contributed by atoms with Crippen molar-refractivity contribution in [1.29, 1.82) is 0 Å². The number of hydrogen-bond acceptors (Lipinski definition) is 3. The molecule has 15 heavy (non-hydrogen) atoms. The molecule has 82 valence electrons. The Morgan fingerprint density at radius 2 is 2.13 bits per heavy atom. The summed E-state index contributed by atoms with van der Waals surface area (Å²) in [5.74, 6) is -0.986. The van der Waals surface area contributed by atoms with Crippen LogP contribution in [0.2, 0.25) is 0 Å². The summed E-state index contributed by atoms with van der Waals surface area (Å²) >= 11 is 0. The molecule has 4 nitrogen and oxygen atoms in total. The van der Waals surface area contributed by atoms with E-state index < -0.39 is 17.3 Å². The largest absolute Gasteiger partial charge is 0.480 e. The lowest BCUT2D eigenvalue weighted by molar-refractivity contribution is -0.142. The molecular weight excluding hydrogens is 199 g/mol. The zero-order chi connectivity index (χ0) is 11.6. The van der Waals surface area contributed by atoms with E-state index in [0.717, 1.165) is 6.20 Å². The Bertz CT molecular complexity index is 362. The first-order chi connectivity index (χ1) is 6.85. The minimum atomic E-state index is -1.08. The molecule has 0 spiro atoms. The van der Waals surface area contributed by atoms with Crippen LogP contribution in [0.5, 0.6) is 0 Å². The van der Waals surface area contributed by atoms with Crippen LogP contribution in [0, 0.1) is 5.82 Å². The van der Waals surface area contributed by atoms with Crippen LogP contribution < -0.4 is 4.90 Å². The van der Waals surface area contributed by atoms with Crippen LogP contribution in [0.3, 0.4) is 0 Å². The third kappa shape index (κ3) is 2.23. The molecule has 0 saturated heterocycles. The Labute approximate surface area is 87.4 Å². The molecule has 1 aromatic heterocycles. The van der Waals surface area contributed by atoms with Gasteiger partial charge >= 0.3 is 5.97 Å². The number of carboxylic acids is 1. The predicted molar refractivity (Wildman–Crippen MR) is 54.3 cm³/mol. The fourth-order valence-corrected chi connectivity index (χ4v) is 0.996. The van der Waals surface area contributed by atoms with E-state index in [1.807, 2.05) is 0 Å². The highest BCUT2D eigenvalue weighted by Gasteiger charge is 2.32. The second kappa shape index (κ2) is 3.84. The van der Waals surface area contributed by atoms with Crippen LogP contribution in [0.4, 0.5) is 10.2 Å². The van der Waals surface area contributed by atoms with Crippen molar-refractivity contribution in [2.24, 2.45) is 0 Å². The summed E-state index contributed by atoms with van der Waals surface area (Å²) in [5, 5.41) is 8.98. The molecule has 0 aromatic carbocycles. The number of rotatable bonds is 3. The summed E-state index contributed by atoms with van der Waals surface area (Å²) < 4.78 is 12.6. The number of likely N-dealkylation sites (N-methyl/N-ethyl adjacent to an activating group) is 1. The van der Waals surface area contributed by atoms with E-state index in [4.69, 9.17) is 5.11 Å². The lowest BCUT2D eigenvalue weighted by atomic mass is 10.0. The average molecular weight is 212 g/mol. The molecule has 0 atom stereocenters. The lowest BCUT2D eigenvalue weighted by Crippen LogP contribution is -2.48. The summed E-state index contributed by atoms with van der Waals surface area (Å²) in [6, 6.07) is 2.69. The molecular formula is C10H13FN2O2. The molecule has 0 aliphatic rings. The van der Waals surface area contributed by atoms with Gasteiger partial charge in [-0.3, -0.25) is 0 Å². The van der Waals surface area contributed by atoms with Crippen molar-refractivity contribution in [2.45, 2.75) is 19.4 Å². The molecule has 1 aromatic rings. The van der Waals surface area contributed by atoms with Crippen molar-refractivity contribution in [3.8, 4) is 0 Å². The number of hydrogen-bond donors (Lipinski definition) is 1. The maximum atomic E-state index is 12.6. The molecule has 1 N–H and O–H groups in total. The Hall–Kier alpha value is -1.65. The monoisotopic (exact) mass is 212 g/mol. The van der Waals surface area contributed by atoms with Crippen LogP contribution in [-0.2, 0) is 4.79 Å². The number of halogens is 1. The maximum Gasteiger partial charge on any atom is 0.328 e. The normalized spacial score (nSPS) is 11.2. The van der Waals surface area contributed by atoms with Crippen molar-refractivity contribution < 1.29 is 14.3 Å². The summed E-state index contributed by atoms with van der Waals surface area (Å²) in [6.07, 6.45) is 1.06. The highest BCUT2D eigenvalue weighted by molar-refractivity contribution is 5.81. The second-order valence-electron chi connectivity index (χ2n) is 3.76. The van der Waals surface area contributed by atoms with Crippen molar-refractivity contribution in [3.63, 3.8) is 0 Å². The zero-order valence-electron chi connectivity index (χ0n) is 8.86. The second-order valence-corrected chi connectivity index (χ2v) is 3.76. The van der Waals surface area contributed by atoms with Crippen LogP contribution in [-0.4, -0.2) is 28.6 Å². The van der Waals surface area contributed by atoms with Gasteiger partial charge in [0.25, 0.3) is 0 Å². The van der Waals surface area contributed by atoms with E-state index in [1.165, 1.54) is 17.0 Å². The summed E-state index contributed by atoms with van der Waals surface area (Å²) in [5.41, 5.74) is -1.08. The van der Waals surface area contributed by atoms with Crippen LogP contribution in [0.15, 0.2) is 18.3 Å². The standard InChI is InChI=1S/C10H13FN2O2/c1-10(2,9(14)15)13(3)8-5-4-7(11)6-12-8/h4-6H,1-3H3,(H,14,15). The lowest BCUT2D eigenvalue weighted by Gasteiger charge is -2.32. The summed E-state index contributed by atoms with van der Waals surface area (Å²) in [4.78, 5) is 16.3. The predicted octanol–water partition coefficient (Wildman–Crippen LogP) is 1.52. The van der Waals surface area contributed by atoms with Crippen molar-refractivity contribution in [1.82, 2.24) is 4.98 Å². The van der Waals surface area contributed by atoms with Gasteiger partial charge in [-0.05, 0) is 26.0 Å². The van der Waals surface area contributed by atoms with Crippen LogP contribution in [0.25, 0.3) is 0 Å². The molecule has 0 bridgehead atoms. The van der Waals surface area contributed by atoms with Gasteiger partial charge in [0.1, 0.15) is 17.2 Å². The summed E-state index contributed by atoms with van der Waals surface area (Å²) in [7, 11) is 1.61. The van der Waals surface area contributed by atoms with Gasteiger partial charge in [0.15, 0.2) is 0 Å². The SMILES string of the molecule is CN(c1ccc(F)cn1)C(C)(C)C(=O)O. The van der Waals surface area contributed by atoms with Crippen molar-refractivity contribution in [2.75, 3.05) is 11.9 Å². The van der Waals surface area contributed by atoms with E-state index in [1.54, 1.807) is 20.9 Å². The number of pyridine rings is 1. The first kappa shape index (κ1) is 11.4. The van der Waals surface area contributed by atoms with E-state index >= 15 is 0 Å². The Morgan fingerprint density at radius 3 is 2.53 bits per heavy atom. The van der Waals surface area contributed by atoms with Crippen molar-refractivity contribution >= 4 is 11.8 Å².